The van der Waals surface area contributed by atoms with Gasteiger partial charge in [0.1, 0.15) is 18.1 Å². The molecule has 3 N–H and O–H groups in total. The monoisotopic (exact) mass is 416 g/mol. The smallest absolute Gasteiger partial charge is 0.248 e. The standard InChI is InChI=1S/C25H24N2O4/c26-24(28)16-17-30-23-9-5-4-8-22(23)27-25(29)15-12-19-10-13-21(14-11-19)31-18-20-6-2-1-3-7-20/h1-15H,16-18H2,(H2,26,28)(H,27,29)/b15-12+. The van der Waals surface area contributed by atoms with Gasteiger partial charge in [-0.15, -0.1) is 0 Å². The number of para-hydroxylation sites is 2. The van der Waals surface area contributed by atoms with Crippen LogP contribution in [0.3, 0.4) is 0 Å². The second kappa shape index (κ2) is 11.2. The van der Waals surface area contributed by atoms with E-state index in [9.17, 15) is 9.59 Å². The van der Waals surface area contributed by atoms with Gasteiger partial charge in [-0.3, -0.25) is 9.59 Å². The van der Waals surface area contributed by atoms with Gasteiger partial charge in [0.05, 0.1) is 18.7 Å². The van der Waals surface area contributed by atoms with Crippen LogP contribution in [0, 0.1) is 0 Å². The highest BCUT2D eigenvalue weighted by Gasteiger charge is 2.06. The second-order valence-electron chi connectivity index (χ2n) is 6.73. The summed E-state index contributed by atoms with van der Waals surface area (Å²) in [5, 5.41) is 2.78. The van der Waals surface area contributed by atoms with Crippen LogP contribution >= 0.6 is 0 Å². The molecule has 31 heavy (non-hydrogen) atoms. The SMILES string of the molecule is NC(=O)CCOc1ccccc1NC(=O)/C=C/c1ccc(OCc2ccccc2)cc1. The fraction of sp³-hybridized carbons (Fsp3) is 0.120. The van der Waals surface area contributed by atoms with Crippen molar-refractivity contribution in [3.05, 3.63) is 96.1 Å². The number of hydrogen-bond donors (Lipinski definition) is 2. The number of nitrogens with two attached hydrogens (primary N) is 1. The van der Waals surface area contributed by atoms with Gasteiger partial charge in [-0.1, -0.05) is 54.6 Å². The van der Waals surface area contributed by atoms with Gasteiger partial charge in [-0.05, 0) is 41.5 Å². The molecule has 0 unspecified atom stereocenters. The van der Waals surface area contributed by atoms with E-state index in [4.69, 9.17) is 15.2 Å². The van der Waals surface area contributed by atoms with Crippen LogP contribution in [0.5, 0.6) is 11.5 Å². The van der Waals surface area contributed by atoms with Gasteiger partial charge in [0.25, 0.3) is 0 Å². The third-order valence-corrected chi connectivity index (χ3v) is 4.31. The number of anilines is 1. The molecule has 0 aliphatic carbocycles. The minimum atomic E-state index is -0.444. The van der Waals surface area contributed by atoms with Crippen LogP contribution in [0.15, 0.2) is 84.9 Å². The predicted molar refractivity (Wildman–Crippen MR) is 121 cm³/mol. The minimum absolute atomic E-state index is 0.104. The van der Waals surface area contributed by atoms with E-state index >= 15 is 0 Å². The van der Waals surface area contributed by atoms with E-state index in [2.05, 4.69) is 5.32 Å². The van der Waals surface area contributed by atoms with E-state index < -0.39 is 5.91 Å². The summed E-state index contributed by atoms with van der Waals surface area (Å²) in [6.45, 7) is 0.649. The Morgan fingerprint density at radius 2 is 1.58 bits per heavy atom. The molecule has 3 aromatic rings. The maximum Gasteiger partial charge on any atom is 0.248 e. The van der Waals surface area contributed by atoms with Gasteiger partial charge in [-0.2, -0.15) is 0 Å². The Bertz CT molecular complexity index is 1030. The Morgan fingerprint density at radius 3 is 2.32 bits per heavy atom. The van der Waals surface area contributed by atoms with Crippen molar-refractivity contribution in [1.29, 1.82) is 0 Å². The molecule has 0 fully saturated rings. The van der Waals surface area contributed by atoms with Gasteiger partial charge in [0.15, 0.2) is 0 Å². The quantitative estimate of drug-likeness (QED) is 0.485. The molecule has 3 aromatic carbocycles. The molecule has 3 rings (SSSR count). The molecular formula is C25H24N2O4. The van der Waals surface area contributed by atoms with E-state index in [-0.39, 0.29) is 18.9 Å². The zero-order valence-electron chi connectivity index (χ0n) is 17.0. The highest BCUT2D eigenvalue weighted by molar-refractivity contribution is 6.02. The maximum atomic E-state index is 12.3. The number of benzene rings is 3. The van der Waals surface area contributed by atoms with Crippen molar-refractivity contribution in [2.24, 2.45) is 5.73 Å². The van der Waals surface area contributed by atoms with Gasteiger partial charge in [-0.25, -0.2) is 0 Å². The first-order chi connectivity index (χ1) is 15.1. The van der Waals surface area contributed by atoms with E-state index in [0.717, 1.165) is 16.9 Å². The molecule has 0 saturated carbocycles. The zero-order chi connectivity index (χ0) is 21.9. The topological polar surface area (TPSA) is 90.7 Å². The van der Waals surface area contributed by atoms with E-state index in [1.807, 2.05) is 54.6 Å². The molecule has 0 spiro atoms. The van der Waals surface area contributed by atoms with Crippen molar-refractivity contribution in [3.63, 3.8) is 0 Å². The fourth-order valence-corrected chi connectivity index (χ4v) is 2.72. The molecule has 0 saturated heterocycles. The van der Waals surface area contributed by atoms with Crippen molar-refractivity contribution < 1.29 is 19.1 Å². The van der Waals surface area contributed by atoms with E-state index in [1.165, 1.54) is 6.08 Å². The van der Waals surface area contributed by atoms with Crippen LogP contribution in [0.4, 0.5) is 5.69 Å². The first-order valence-electron chi connectivity index (χ1n) is 9.86. The Balaban J connectivity index is 1.52. The third-order valence-electron chi connectivity index (χ3n) is 4.31. The van der Waals surface area contributed by atoms with Gasteiger partial charge < -0.3 is 20.5 Å². The summed E-state index contributed by atoms with van der Waals surface area (Å²) in [5.74, 6) is 0.495. The molecule has 0 bridgehead atoms. The molecule has 0 aliphatic heterocycles. The molecule has 0 radical (unpaired) electrons. The summed E-state index contributed by atoms with van der Waals surface area (Å²) in [7, 11) is 0. The lowest BCUT2D eigenvalue weighted by Gasteiger charge is -2.11. The number of ether oxygens (including phenoxy) is 2. The molecule has 0 aliphatic rings. The van der Waals surface area contributed by atoms with Crippen molar-refractivity contribution in [3.8, 4) is 11.5 Å². The van der Waals surface area contributed by atoms with Crippen molar-refractivity contribution in [2.75, 3.05) is 11.9 Å². The van der Waals surface area contributed by atoms with Crippen LogP contribution in [-0.4, -0.2) is 18.4 Å². The molecule has 0 aromatic heterocycles. The lowest BCUT2D eigenvalue weighted by atomic mass is 10.2. The lowest BCUT2D eigenvalue weighted by Crippen LogP contribution is -2.15. The molecule has 0 heterocycles. The zero-order valence-corrected chi connectivity index (χ0v) is 17.0. The summed E-state index contributed by atoms with van der Waals surface area (Å²) in [4.78, 5) is 23.1. The molecule has 0 atom stereocenters. The number of nitrogens with one attached hydrogen (secondary N) is 1. The number of carbonyl (C=O) groups excluding carboxylic acids is 2. The largest absolute Gasteiger partial charge is 0.491 e. The Kier molecular flexibility index (Phi) is 7.83. The summed E-state index contributed by atoms with van der Waals surface area (Å²) in [5.41, 5.74) is 7.60. The first-order valence-corrected chi connectivity index (χ1v) is 9.86. The van der Waals surface area contributed by atoms with Gasteiger partial charge in [0.2, 0.25) is 11.8 Å². The Morgan fingerprint density at radius 1 is 0.871 bits per heavy atom. The molecular weight excluding hydrogens is 392 g/mol. The highest BCUT2D eigenvalue weighted by Crippen LogP contribution is 2.24. The lowest BCUT2D eigenvalue weighted by molar-refractivity contribution is -0.118. The average Bonchev–Trinajstić information content (AvgIpc) is 2.78. The summed E-state index contributed by atoms with van der Waals surface area (Å²) >= 11 is 0. The van der Waals surface area contributed by atoms with Gasteiger partial charge in [0, 0.05) is 6.08 Å². The number of carbonyl (C=O) groups is 2. The van der Waals surface area contributed by atoms with E-state index in [1.54, 1.807) is 30.3 Å². The number of primary amides is 1. The normalized spacial score (nSPS) is 10.6. The van der Waals surface area contributed by atoms with Crippen molar-refractivity contribution in [1.82, 2.24) is 0 Å². The van der Waals surface area contributed by atoms with Crippen LogP contribution in [-0.2, 0) is 16.2 Å². The first kappa shape index (κ1) is 21.6. The van der Waals surface area contributed by atoms with Crippen molar-refractivity contribution >= 4 is 23.6 Å². The Labute approximate surface area is 181 Å². The summed E-state index contributed by atoms with van der Waals surface area (Å²) in [6.07, 6.45) is 3.26. The molecule has 2 amide bonds. The molecule has 158 valence electrons. The Hall–Kier alpha value is -4.06. The van der Waals surface area contributed by atoms with Crippen LogP contribution < -0.4 is 20.5 Å². The second-order valence-corrected chi connectivity index (χ2v) is 6.73. The van der Waals surface area contributed by atoms with E-state index in [0.29, 0.717) is 18.0 Å². The average molecular weight is 416 g/mol. The summed E-state index contributed by atoms with van der Waals surface area (Å²) < 4.78 is 11.3. The van der Waals surface area contributed by atoms with Crippen LogP contribution in [0.25, 0.3) is 6.08 Å². The molecule has 6 nitrogen and oxygen atoms in total. The molecule has 6 heteroatoms. The van der Waals surface area contributed by atoms with Gasteiger partial charge >= 0.3 is 0 Å². The summed E-state index contributed by atoms with van der Waals surface area (Å²) in [6, 6.07) is 24.4. The van der Waals surface area contributed by atoms with Crippen LogP contribution in [0.1, 0.15) is 17.5 Å². The highest BCUT2D eigenvalue weighted by atomic mass is 16.5. The van der Waals surface area contributed by atoms with Crippen molar-refractivity contribution in [2.45, 2.75) is 13.0 Å². The fourth-order valence-electron chi connectivity index (χ4n) is 2.72. The predicted octanol–water partition coefficient (Wildman–Crippen LogP) is 4.17. The maximum absolute atomic E-state index is 12.3. The number of amides is 2. The number of hydrogen-bond acceptors (Lipinski definition) is 4. The third kappa shape index (κ3) is 7.36. The van der Waals surface area contributed by atoms with Crippen LogP contribution in [0.2, 0.25) is 0 Å². The number of rotatable bonds is 10. The minimum Gasteiger partial charge on any atom is -0.491 e.